The van der Waals surface area contributed by atoms with Crippen LogP contribution in [0.2, 0.25) is 0 Å². The molecule has 0 spiro atoms. The van der Waals surface area contributed by atoms with E-state index in [4.69, 9.17) is 0 Å². The zero-order valence-electron chi connectivity index (χ0n) is 7.16. The molecule has 0 aromatic heterocycles. The van der Waals surface area contributed by atoms with Crippen molar-refractivity contribution in [3.05, 3.63) is 12.7 Å². The molecule has 0 saturated heterocycles. The molecule has 1 aliphatic heterocycles. The second-order valence-corrected chi connectivity index (χ2v) is 2.75. The molecule has 1 atom stereocenters. The Morgan fingerprint density at radius 1 is 1.73 bits per heavy atom. The van der Waals surface area contributed by atoms with Crippen LogP contribution in [-0.4, -0.2) is 41.4 Å². The summed E-state index contributed by atoms with van der Waals surface area (Å²) in [5.41, 5.74) is 0. The van der Waals surface area contributed by atoms with Crippen molar-refractivity contribution in [2.24, 2.45) is 0 Å². The molecule has 0 bridgehead atoms. The molecule has 11 heavy (non-hydrogen) atoms. The Kier molecular flexibility index (Phi) is 1.81. The third-order valence-corrected chi connectivity index (χ3v) is 2.16. The largest absolute Gasteiger partial charge is 0.353 e. The molecule has 1 amide bonds. The van der Waals surface area contributed by atoms with Crippen molar-refractivity contribution >= 4 is 11.7 Å². The molecule has 3 nitrogen and oxygen atoms in total. The number of rotatable bonds is 1. The van der Waals surface area contributed by atoms with E-state index in [1.54, 1.807) is 17.7 Å². The van der Waals surface area contributed by atoms with Gasteiger partial charge in [0.05, 0.1) is 14.1 Å². The number of carbonyl (C=O) groups is 1. The molecule has 0 saturated carbocycles. The van der Waals surface area contributed by atoms with E-state index in [-0.39, 0.29) is 11.9 Å². The number of hydrogen-bond donors (Lipinski definition) is 0. The molecular formula is C8H13N2O+. The molecule has 1 aliphatic rings. The fraction of sp³-hybridized carbons (Fsp3) is 0.500. The summed E-state index contributed by atoms with van der Waals surface area (Å²) in [6.45, 7) is 5.52. The van der Waals surface area contributed by atoms with Gasteiger partial charge in [-0.2, -0.15) is 4.58 Å². The molecular weight excluding hydrogens is 140 g/mol. The van der Waals surface area contributed by atoms with Gasteiger partial charge in [-0.25, -0.2) is 4.79 Å². The average Bonchev–Trinajstić information content (AvgIpc) is 2.17. The summed E-state index contributed by atoms with van der Waals surface area (Å²) in [5, 5.41) is 0. The minimum atomic E-state index is -0.0481. The predicted octanol–water partition coefficient (Wildman–Crippen LogP) is 0.0737. The van der Waals surface area contributed by atoms with Crippen LogP contribution in [-0.2, 0) is 4.79 Å². The third kappa shape index (κ3) is 0.964. The molecule has 3 heteroatoms. The first-order chi connectivity index (χ1) is 5.09. The molecule has 1 rings (SSSR count). The SMILES string of the molecule is C=CC1=[N+](C)C(=O)C(C)N1C. The Bertz CT molecular complexity index is 242. The van der Waals surface area contributed by atoms with Gasteiger partial charge in [-0.3, -0.25) is 4.90 Å². The number of amides is 1. The van der Waals surface area contributed by atoms with Crippen molar-refractivity contribution in [1.29, 1.82) is 0 Å². The summed E-state index contributed by atoms with van der Waals surface area (Å²) in [6, 6.07) is -0.0481. The Morgan fingerprint density at radius 2 is 2.27 bits per heavy atom. The van der Waals surface area contributed by atoms with E-state index in [1.165, 1.54) is 0 Å². The van der Waals surface area contributed by atoms with E-state index in [9.17, 15) is 4.79 Å². The lowest BCUT2D eigenvalue weighted by Gasteiger charge is -2.05. The average molecular weight is 153 g/mol. The standard InChI is InChI=1S/C8H13N2O/c1-5-7-9(3)6(2)8(11)10(7)4/h5-6H,1H2,2-4H3/q+1. The lowest BCUT2D eigenvalue weighted by Crippen LogP contribution is -2.31. The van der Waals surface area contributed by atoms with Crippen molar-refractivity contribution in [2.45, 2.75) is 13.0 Å². The van der Waals surface area contributed by atoms with Crippen LogP contribution in [0.3, 0.4) is 0 Å². The van der Waals surface area contributed by atoms with Gasteiger partial charge in [-0.05, 0) is 6.92 Å². The van der Waals surface area contributed by atoms with Gasteiger partial charge in [0.1, 0.15) is 0 Å². The molecule has 0 fully saturated rings. The summed E-state index contributed by atoms with van der Waals surface area (Å²) in [4.78, 5) is 13.2. The van der Waals surface area contributed by atoms with Crippen LogP contribution >= 0.6 is 0 Å². The van der Waals surface area contributed by atoms with Crippen LogP contribution in [0.1, 0.15) is 6.92 Å². The van der Waals surface area contributed by atoms with Crippen molar-refractivity contribution < 1.29 is 9.37 Å². The number of amidine groups is 1. The maximum atomic E-state index is 11.3. The summed E-state index contributed by atoms with van der Waals surface area (Å²) in [6.07, 6.45) is 1.70. The van der Waals surface area contributed by atoms with Crippen LogP contribution in [0.15, 0.2) is 12.7 Å². The van der Waals surface area contributed by atoms with Gasteiger partial charge in [0.25, 0.3) is 5.84 Å². The van der Waals surface area contributed by atoms with Crippen LogP contribution in [0.5, 0.6) is 0 Å². The van der Waals surface area contributed by atoms with Crippen LogP contribution < -0.4 is 0 Å². The number of nitrogens with zero attached hydrogens (tertiary/aromatic N) is 2. The van der Waals surface area contributed by atoms with E-state index in [2.05, 4.69) is 6.58 Å². The minimum absolute atomic E-state index is 0.0481. The first-order valence-electron chi connectivity index (χ1n) is 3.59. The lowest BCUT2D eigenvalue weighted by molar-refractivity contribution is -0.413. The Hall–Kier alpha value is -1.12. The fourth-order valence-electron chi connectivity index (χ4n) is 1.27. The summed E-state index contributed by atoms with van der Waals surface area (Å²) < 4.78 is 1.62. The van der Waals surface area contributed by atoms with Crippen molar-refractivity contribution in [2.75, 3.05) is 14.1 Å². The van der Waals surface area contributed by atoms with Crippen LogP contribution in [0.25, 0.3) is 0 Å². The van der Waals surface area contributed by atoms with Crippen LogP contribution in [0, 0.1) is 0 Å². The van der Waals surface area contributed by atoms with Crippen LogP contribution in [0.4, 0.5) is 0 Å². The van der Waals surface area contributed by atoms with Crippen molar-refractivity contribution in [1.82, 2.24) is 4.90 Å². The van der Waals surface area contributed by atoms with Crippen molar-refractivity contribution in [3.63, 3.8) is 0 Å². The molecule has 1 heterocycles. The van der Waals surface area contributed by atoms with E-state index < -0.39 is 0 Å². The molecule has 0 aromatic carbocycles. The van der Waals surface area contributed by atoms with E-state index >= 15 is 0 Å². The van der Waals surface area contributed by atoms with Gasteiger partial charge >= 0.3 is 5.91 Å². The molecule has 0 radical (unpaired) electrons. The smallest absolute Gasteiger partial charge is 0.250 e. The first kappa shape index (κ1) is 7.98. The zero-order valence-corrected chi connectivity index (χ0v) is 7.16. The maximum absolute atomic E-state index is 11.3. The minimum Gasteiger partial charge on any atom is -0.250 e. The highest BCUT2D eigenvalue weighted by Crippen LogP contribution is 2.07. The summed E-state index contributed by atoms with van der Waals surface area (Å²) >= 11 is 0. The Morgan fingerprint density at radius 3 is 2.45 bits per heavy atom. The highest BCUT2D eigenvalue weighted by atomic mass is 16.2. The highest BCUT2D eigenvalue weighted by molar-refractivity contribution is 5.98. The third-order valence-electron chi connectivity index (χ3n) is 2.16. The molecule has 0 aliphatic carbocycles. The van der Waals surface area contributed by atoms with Gasteiger partial charge in [0.2, 0.25) is 0 Å². The second-order valence-electron chi connectivity index (χ2n) is 2.75. The lowest BCUT2D eigenvalue weighted by atomic mass is 10.3. The van der Waals surface area contributed by atoms with Gasteiger partial charge in [-0.1, -0.05) is 6.58 Å². The van der Waals surface area contributed by atoms with Gasteiger partial charge in [0.15, 0.2) is 6.04 Å². The number of carbonyl (C=O) groups excluding carboxylic acids is 1. The molecule has 60 valence electrons. The Labute approximate surface area is 66.6 Å². The molecule has 0 aromatic rings. The molecule has 1 unspecified atom stereocenters. The highest BCUT2D eigenvalue weighted by Gasteiger charge is 2.38. The Balaban J connectivity index is 3.07. The normalized spacial score (nSPS) is 24.8. The topological polar surface area (TPSA) is 23.3 Å². The van der Waals surface area contributed by atoms with E-state index in [0.29, 0.717) is 0 Å². The monoisotopic (exact) mass is 153 g/mol. The predicted molar refractivity (Wildman–Crippen MR) is 43.6 cm³/mol. The fourth-order valence-corrected chi connectivity index (χ4v) is 1.27. The number of hydrogen-bond acceptors (Lipinski definition) is 2. The van der Waals surface area contributed by atoms with E-state index in [0.717, 1.165) is 5.84 Å². The number of likely N-dealkylation sites (N-methyl/N-ethyl adjacent to an activating group) is 2. The summed E-state index contributed by atoms with van der Waals surface area (Å²) in [7, 11) is 3.66. The van der Waals surface area contributed by atoms with Gasteiger partial charge in [0, 0.05) is 6.08 Å². The van der Waals surface area contributed by atoms with E-state index in [1.807, 2.05) is 18.9 Å². The van der Waals surface area contributed by atoms with Crippen molar-refractivity contribution in [3.8, 4) is 0 Å². The molecule has 0 N–H and O–H groups in total. The maximum Gasteiger partial charge on any atom is 0.353 e. The quantitative estimate of drug-likeness (QED) is 0.498. The van der Waals surface area contributed by atoms with Gasteiger partial charge < -0.3 is 0 Å². The zero-order chi connectivity index (χ0) is 8.59. The van der Waals surface area contributed by atoms with Gasteiger partial charge in [-0.15, -0.1) is 0 Å². The summed E-state index contributed by atoms with van der Waals surface area (Å²) in [5.74, 6) is 1.00. The second kappa shape index (κ2) is 2.49. The first-order valence-corrected chi connectivity index (χ1v) is 3.59.